The number of carbonyl (C=O) groups excluding carboxylic acids is 2. The van der Waals surface area contributed by atoms with E-state index in [0.717, 1.165) is 22.7 Å². The Morgan fingerprint density at radius 2 is 1.19 bits per heavy atom. The van der Waals surface area contributed by atoms with Gasteiger partial charge in [0.25, 0.3) is 11.8 Å². The summed E-state index contributed by atoms with van der Waals surface area (Å²) >= 11 is 2.19. The molecule has 32 heavy (non-hydrogen) atoms. The Kier molecular flexibility index (Phi) is 5.57. The molecule has 6 nitrogen and oxygen atoms in total. The van der Waals surface area contributed by atoms with Crippen molar-refractivity contribution in [3.05, 3.63) is 68.9 Å². The average Bonchev–Trinajstić information content (AvgIpc) is 3.24. The number of amides is 2. The van der Waals surface area contributed by atoms with Crippen LogP contribution < -0.4 is 22.1 Å². The maximum atomic E-state index is 13.5. The first-order valence-electron chi connectivity index (χ1n) is 9.41. The fourth-order valence-electron chi connectivity index (χ4n) is 3.16. The Labute approximate surface area is 189 Å². The molecule has 0 saturated heterocycles. The van der Waals surface area contributed by atoms with Gasteiger partial charge in [0.2, 0.25) is 0 Å². The molecule has 0 aliphatic rings. The van der Waals surface area contributed by atoms with Crippen molar-refractivity contribution >= 4 is 66.6 Å². The van der Waals surface area contributed by atoms with Crippen LogP contribution in [0.4, 0.5) is 31.5 Å². The normalized spacial score (nSPS) is 11.0. The molecule has 0 atom stereocenters. The first-order chi connectivity index (χ1) is 15.2. The lowest BCUT2D eigenvalue weighted by Gasteiger charge is -2.09. The topological polar surface area (TPSA) is 110 Å². The molecule has 2 aromatic carbocycles. The summed E-state index contributed by atoms with van der Waals surface area (Å²) in [6.45, 7) is 3.49. The van der Waals surface area contributed by atoms with Crippen LogP contribution in [-0.2, 0) is 0 Å². The third kappa shape index (κ3) is 3.90. The maximum Gasteiger partial charge on any atom is 0.267 e. The van der Waals surface area contributed by atoms with Crippen LogP contribution in [0.3, 0.4) is 0 Å². The van der Waals surface area contributed by atoms with Gasteiger partial charge in [0.05, 0.1) is 20.8 Å². The largest absolute Gasteiger partial charge is 0.397 e. The van der Waals surface area contributed by atoms with Crippen molar-refractivity contribution in [3.63, 3.8) is 0 Å². The van der Waals surface area contributed by atoms with Gasteiger partial charge in [0.15, 0.2) is 0 Å². The predicted octanol–water partition coefficient (Wildman–Crippen LogP) is 5.53. The molecule has 0 radical (unpaired) electrons. The van der Waals surface area contributed by atoms with E-state index in [2.05, 4.69) is 10.6 Å². The van der Waals surface area contributed by atoms with E-state index in [4.69, 9.17) is 11.5 Å². The van der Waals surface area contributed by atoms with Crippen LogP contribution >= 0.6 is 22.7 Å². The van der Waals surface area contributed by atoms with Crippen LogP contribution in [0, 0.1) is 25.5 Å². The quantitative estimate of drug-likeness (QED) is 0.313. The highest BCUT2D eigenvalue weighted by Gasteiger charge is 2.25. The Balaban J connectivity index is 1.63. The summed E-state index contributed by atoms with van der Waals surface area (Å²) in [5, 5.41) is 5.74. The second-order valence-corrected chi connectivity index (χ2v) is 9.48. The number of benzene rings is 2. The van der Waals surface area contributed by atoms with Crippen molar-refractivity contribution in [2.45, 2.75) is 13.8 Å². The molecule has 0 aliphatic carbocycles. The van der Waals surface area contributed by atoms with E-state index in [1.165, 1.54) is 24.3 Å². The van der Waals surface area contributed by atoms with Gasteiger partial charge in [0.1, 0.15) is 21.4 Å². The summed E-state index contributed by atoms with van der Waals surface area (Å²) in [6.07, 6.45) is 0. The molecule has 2 heterocycles. The van der Waals surface area contributed by atoms with Crippen LogP contribution in [0.5, 0.6) is 0 Å². The third-order valence-corrected chi connectivity index (χ3v) is 7.43. The van der Waals surface area contributed by atoms with Crippen LogP contribution in [0.25, 0.3) is 9.40 Å². The SMILES string of the molecule is Cc1ccc(F)cc1NC(=O)c1sc2sc(C(=O)Nc3cc(F)ccc3C)c(N)c2c1N. The summed E-state index contributed by atoms with van der Waals surface area (Å²) in [6, 6.07) is 8.18. The average molecular weight is 473 g/mol. The summed E-state index contributed by atoms with van der Waals surface area (Å²) in [7, 11) is 0. The minimum atomic E-state index is -0.495. The minimum absolute atomic E-state index is 0.145. The first-order valence-corrected chi connectivity index (χ1v) is 11.0. The van der Waals surface area contributed by atoms with Crippen molar-refractivity contribution in [2.24, 2.45) is 0 Å². The molecule has 4 aromatic rings. The molecule has 0 bridgehead atoms. The predicted molar refractivity (Wildman–Crippen MR) is 127 cm³/mol. The van der Waals surface area contributed by atoms with Crippen LogP contribution in [-0.4, -0.2) is 11.8 Å². The number of thiophene rings is 2. The highest BCUT2D eigenvalue weighted by Crippen LogP contribution is 2.45. The highest BCUT2D eigenvalue weighted by atomic mass is 32.2. The second kappa shape index (κ2) is 8.21. The maximum absolute atomic E-state index is 13.5. The van der Waals surface area contributed by atoms with Crippen molar-refractivity contribution in [1.82, 2.24) is 0 Å². The lowest BCUT2D eigenvalue weighted by molar-refractivity contribution is 0.102. The number of nitrogen functional groups attached to an aromatic ring is 2. The molecule has 4 rings (SSSR count). The summed E-state index contributed by atoms with van der Waals surface area (Å²) in [5.41, 5.74) is 14.7. The van der Waals surface area contributed by atoms with Crippen LogP contribution in [0.1, 0.15) is 30.5 Å². The number of halogens is 2. The number of nitrogens with one attached hydrogen (secondary N) is 2. The van der Waals surface area contributed by atoms with Crippen molar-refractivity contribution in [3.8, 4) is 0 Å². The van der Waals surface area contributed by atoms with E-state index in [1.54, 1.807) is 26.0 Å². The number of rotatable bonds is 4. The zero-order valence-electron chi connectivity index (χ0n) is 17.0. The molecule has 0 spiro atoms. The fourth-order valence-corrected chi connectivity index (χ4v) is 5.56. The fraction of sp³-hybridized carbons (Fsp3) is 0.0909. The standard InChI is InChI=1S/C22H18F2N4O2S2/c1-9-3-5-11(23)7-13(9)27-20(29)18-16(25)15-17(26)19(32-22(15)31-18)21(30)28-14-8-12(24)6-4-10(14)2/h3-8H,25-26H2,1-2H3,(H,27,29)(H,28,30). The van der Waals surface area contributed by atoms with Gasteiger partial charge >= 0.3 is 0 Å². The summed E-state index contributed by atoms with van der Waals surface area (Å²) in [4.78, 5) is 25.9. The van der Waals surface area contributed by atoms with Crippen molar-refractivity contribution in [2.75, 3.05) is 22.1 Å². The second-order valence-electron chi connectivity index (χ2n) is 7.18. The summed E-state index contributed by atoms with van der Waals surface area (Å²) in [5.74, 6) is -1.94. The van der Waals surface area contributed by atoms with Crippen molar-refractivity contribution < 1.29 is 18.4 Å². The number of aryl methyl sites for hydroxylation is 2. The van der Waals surface area contributed by atoms with E-state index in [-0.39, 0.29) is 21.1 Å². The number of carbonyl (C=O) groups is 2. The van der Waals surface area contributed by atoms with E-state index < -0.39 is 23.4 Å². The molecule has 10 heteroatoms. The zero-order chi connectivity index (χ0) is 23.2. The molecular formula is C22H18F2N4O2S2. The van der Waals surface area contributed by atoms with Gasteiger partial charge in [-0.2, -0.15) is 0 Å². The lowest BCUT2D eigenvalue weighted by atomic mass is 10.2. The first kappa shape index (κ1) is 21.7. The smallest absolute Gasteiger partial charge is 0.267 e. The zero-order valence-corrected chi connectivity index (χ0v) is 18.6. The monoisotopic (exact) mass is 472 g/mol. The Morgan fingerprint density at radius 3 is 1.56 bits per heavy atom. The van der Waals surface area contributed by atoms with E-state index in [9.17, 15) is 18.4 Å². The van der Waals surface area contributed by atoms with Gasteiger partial charge in [0, 0.05) is 11.4 Å². The Hall–Kier alpha value is -3.50. The van der Waals surface area contributed by atoms with Gasteiger partial charge in [-0.1, -0.05) is 12.1 Å². The van der Waals surface area contributed by atoms with Gasteiger partial charge in [-0.25, -0.2) is 8.78 Å². The molecule has 6 N–H and O–H groups in total. The van der Waals surface area contributed by atoms with E-state index >= 15 is 0 Å². The third-order valence-electron chi connectivity index (χ3n) is 4.93. The van der Waals surface area contributed by atoms with Gasteiger partial charge in [-0.05, 0) is 49.2 Å². The molecule has 0 saturated carbocycles. The molecule has 0 fully saturated rings. The molecule has 0 aliphatic heterocycles. The van der Waals surface area contributed by atoms with Gasteiger partial charge in [-0.3, -0.25) is 9.59 Å². The van der Waals surface area contributed by atoms with Gasteiger partial charge < -0.3 is 22.1 Å². The molecule has 0 unspecified atom stereocenters. The van der Waals surface area contributed by atoms with E-state index in [1.807, 2.05) is 0 Å². The number of anilines is 4. The van der Waals surface area contributed by atoms with Gasteiger partial charge in [-0.15, -0.1) is 22.7 Å². The number of fused-ring (bicyclic) bond motifs is 1. The number of nitrogens with two attached hydrogens (primary N) is 2. The van der Waals surface area contributed by atoms with Crippen molar-refractivity contribution in [1.29, 1.82) is 0 Å². The molecule has 2 amide bonds. The Bertz CT molecular complexity index is 1290. The van der Waals surface area contributed by atoms with Crippen LogP contribution in [0.15, 0.2) is 36.4 Å². The summed E-state index contributed by atoms with van der Waals surface area (Å²) < 4.78 is 27.7. The minimum Gasteiger partial charge on any atom is -0.397 e. The van der Waals surface area contributed by atoms with Crippen LogP contribution in [0.2, 0.25) is 0 Å². The van der Waals surface area contributed by atoms with E-state index in [0.29, 0.717) is 31.9 Å². The molecule has 2 aromatic heterocycles. The Morgan fingerprint density at radius 1 is 0.781 bits per heavy atom. The number of hydrogen-bond acceptors (Lipinski definition) is 6. The molecular weight excluding hydrogens is 454 g/mol. The number of hydrogen-bond donors (Lipinski definition) is 4. The molecule has 164 valence electrons. The lowest BCUT2D eigenvalue weighted by Crippen LogP contribution is -2.14. The highest BCUT2D eigenvalue weighted by molar-refractivity contribution is 7.40.